The van der Waals surface area contributed by atoms with Crippen molar-refractivity contribution in [3.63, 3.8) is 0 Å². The number of fused-ring (bicyclic) bond motifs is 6. The van der Waals surface area contributed by atoms with E-state index in [1.807, 2.05) is 22.8 Å². The molecule has 1 saturated carbocycles. The Hall–Kier alpha value is -2.71. The predicted molar refractivity (Wildman–Crippen MR) is 144 cm³/mol. The van der Waals surface area contributed by atoms with E-state index in [0.29, 0.717) is 30.3 Å². The molecule has 7 nitrogen and oxygen atoms in total. The second-order valence-electron chi connectivity index (χ2n) is 11.5. The number of amides is 1. The molecule has 3 aliphatic rings. The summed E-state index contributed by atoms with van der Waals surface area (Å²) in [5.74, 6) is 2.25. The standard InChI is InChI=1S/C28H34N6OS/c1-13(2)23-24-14(3)26(20-9-17-8-16(20)10-33(17)12-22(29)35)36-28(24)31-25(23)21-11-34-27(30-15(4)32-34)19-7-5-6-18(19)21/h11,13,16-17,20,31H,5-10,12H2,1-4H3,(H2,29,35)/t16-,17-,20+/m0/s1. The molecular formula is C28H34N6OS. The molecule has 4 aromatic rings. The number of hydrogen-bond acceptors (Lipinski definition) is 5. The van der Waals surface area contributed by atoms with Crippen molar-refractivity contribution >= 4 is 33.1 Å². The summed E-state index contributed by atoms with van der Waals surface area (Å²) in [4.78, 5) is 25.3. The highest BCUT2D eigenvalue weighted by Gasteiger charge is 2.46. The van der Waals surface area contributed by atoms with Crippen LogP contribution in [0.1, 0.15) is 77.9 Å². The van der Waals surface area contributed by atoms with Gasteiger partial charge in [-0.3, -0.25) is 9.69 Å². The van der Waals surface area contributed by atoms with E-state index in [0.717, 1.165) is 37.3 Å². The number of aromatic nitrogens is 4. The maximum absolute atomic E-state index is 11.5. The zero-order chi connectivity index (χ0) is 24.9. The number of carbonyl (C=O) groups excluding carboxylic acids is 1. The lowest BCUT2D eigenvalue weighted by molar-refractivity contribution is -0.119. The molecule has 7 rings (SSSR count). The lowest BCUT2D eigenvalue weighted by Crippen LogP contribution is -2.40. The molecule has 5 heterocycles. The number of nitrogens with zero attached hydrogens (tertiary/aromatic N) is 4. The second kappa shape index (κ2) is 7.89. The van der Waals surface area contributed by atoms with Gasteiger partial charge in [-0.1, -0.05) is 13.8 Å². The molecule has 0 spiro atoms. The molecule has 0 radical (unpaired) electrons. The van der Waals surface area contributed by atoms with Gasteiger partial charge in [-0.05, 0) is 80.4 Å². The van der Waals surface area contributed by atoms with E-state index < -0.39 is 0 Å². The fourth-order valence-corrected chi connectivity index (χ4v) is 9.02. The normalized spacial score (nSPS) is 23.6. The number of nitrogens with two attached hydrogens (primary N) is 1. The Bertz CT molecular complexity index is 1540. The van der Waals surface area contributed by atoms with E-state index in [1.165, 1.54) is 56.6 Å². The van der Waals surface area contributed by atoms with Gasteiger partial charge in [0.15, 0.2) is 5.65 Å². The van der Waals surface area contributed by atoms with Crippen LogP contribution < -0.4 is 5.73 Å². The molecule has 2 bridgehead atoms. The van der Waals surface area contributed by atoms with Crippen LogP contribution >= 0.6 is 11.3 Å². The number of piperidine rings is 1. The highest BCUT2D eigenvalue weighted by atomic mass is 32.1. The molecule has 8 heteroatoms. The summed E-state index contributed by atoms with van der Waals surface area (Å²) >= 11 is 1.96. The largest absolute Gasteiger partial charge is 0.369 e. The van der Waals surface area contributed by atoms with Crippen molar-refractivity contribution in [3.8, 4) is 11.3 Å². The average molecular weight is 503 g/mol. The number of rotatable bonds is 5. The van der Waals surface area contributed by atoms with Gasteiger partial charge >= 0.3 is 0 Å². The molecule has 1 saturated heterocycles. The third-order valence-corrected chi connectivity index (χ3v) is 10.3. The third-order valence-electron chi connectivity index (χ3n) is 8.96. The Kier molecular flexibility index (Phi) is 4.93. The molecule has 2 aliphatic carbocycles. The Morgan fingerprint density at radius 1 is 1.25 bits per heavy atom. The maximum Gasteiger partial charge on any atom is 0.231 e. The van der Waals surface area contributed by atoms with E-state index in [9.17, 15) is 4.79 Å². The molecule has 3 atom stereocenters. The summed E-state index contributed by atoms with van der Waals surface area (Å²) in [5, 5.41) is 6.11. The number of thiophene rings is 1. The van der Waals surface area contributed by atoms with Crippen LogP contribution in [0.3, 0.4) is 0 Å². The van der Waals surface area contributed by atoms with Crippen molar-refractivity contribution in [3.05, 3.63) is 39.2 Å². The van der Waals surface area contributed by atoms with E-state index >= 15 is 0 Å². The minimum Gasteiger partial charge on any atom is -0.369 e. The summed E-state index contributed by atoms with van der Waals surface area (Å²) in [5.41, 5.74) is 14.8. The number of hydrogen-bond donors (Lipinski definition) is 2. The smallest absolute Gasteiger partial charge is 0.231 e. The van der Waals surface area contributed by atoms with Crippen LogP contribution in [0.25, 0.3) is 27.1 Å². The molecule has 0 unspecified atom stereocenters. The third kappa shape index (κ3) is 3.16. The van der Waals surface area contributed by atoms with Crippen molar-refractivity contribution < 1.29 is 4.79 Å². The van der Waals surface area contributed by atoms with Gasteiger partial charge in [0.05, 0.1) is 12.2 Å². The van der Waals surface area contributed by atoms with E-state index in [-0.39, 0.29) is 5.91 Å². The van der Waals surface area contributed by atoms with Gasteiger partial charge in [0.1, 0.15) is 10.7 Å². The number of pyridine rings is 1. The van der Waals surface area contributed by atoms with Crippen LogP contribution in [0.15, 0.2) is 6.20 Å². The zero-order valence-electron chi connectivity index (χ0n) is 21.5. The number of nitrogens with one attached hydrogen (secondary N) is 1. The minimum absolute atomic E-state index is 0.209. The lowest BCUT2D eigenvalue weighted by atomic mass is 9.88. The molecule has 36 heavy (non-hydrogen) atoms. The first-order chi connectivity index (χ1) is 17.3. The number of carbonyl (C=O) groups is 1. The molecule has 4 aromatic heterocycles. The summed E-state index contributed by atoms with van der Waals surface area (Å²) in [7, 11) is 0. The van der Waals surface area contributed by atoms with Crippen LogP contribution in [-0.2, 0) is 17.6 Å². The van der Waals surface area contributed by atoms with Gasteiger partial charge in [-0.25, -0.2) is 9.50 Å². The number of primary amides is 1. The van der Waals surface area contributed by atoms with Crippen molar-refractivity contribution in [2.45, 2.75) is 77.7 Å². The summed E-state index contributed by atoms with van der Waals surface area (Å²) in [6.45, 7) is 10.3. The summed E-state index contributed by atoms with van der Waals surface area (Å²) in [6, 6.07) is 0.493. The SMILES string of the molecule is Cc1nc2c3c(c(-c4[nH]c5sc([C@@H]6C[C@@H]7C[C@H]6CN7CC(N)=O)c(C)c5c4C(C)C)cn2n1)CCC3. The first kappa shape index (κ1) is 22.5. The van der Waals surface area contributed by atoms with Gasteiger partial charge < -0.3 is 10.7 Å². The van der Waals surface area contributed by atoms with Crippen molar-refractivity contribution in [2.24, 2.45) is 11.7 Å². The number of H-pyrrole nitrogens is 1. The molecule has 1 aliphatic heterocycles. The van der Waals surface area contributed by atoms with Gasteiger partial charge in [-0.2, -0.15) is 5.10 Å². The van der Waals surface area contributed by atoms with Crippen LogP contribution in [0, 0.1) is 19.8 Å². The number of aryl methyl sites for hydroxylation is 3. The zero-order valence-corrected chi connectivity index (χ0v) is 22.3. The van der Waals surface area contributed by atoms with Crippen molar-refractivity contribution in [1.29, 1.82) is 0 Å². The van der Waals surface area contributed by atoms with Gasteiger partial charge in [0.25, 0.3) is 0 Å². The molecular weight excluding hydrogens is 468 g/mol. The fraction of sp³-hybridized carbons (Fsp3) is 0.536. The second-order valence-corrected chi connectivity index (χ2v) is 12.6. The van der Waals surface area contributed by atoms with E-state index in [1.54, 1.807) is 4.88 Å². The first-order valence-electron chi connectivity index (χ1n) is 13.4. The highest BCUT2D eigenvalue weighted by Crippen LogP contribution is 2.53. The van der Waals surface area contributed by atoms with Crippen LogP contribution in [0.5, 0.6) is 0 Å². The number of likely N-dealkylation sites (tertiary alicyclic amines) is 1. The van der Waals surface area contributed by atoms with Crippen LogP contribution in [-0.4, -0.2) is 49.5 Å². The average Bonchev–Trinajstić information content (AvgIpc) is 3.62. The topological polar surface area (TPSA) is 92.3 Å². The summed E-state index contributed by atoms with van der Waals surface area (Å²) in [6.07, 6.45) is 7.91. The molecule has 188 valence electrons. The maximum atomic E-state index is 11.5. The van der Waals surface area contributed by atoms with E-state index in [4.69, 9.17) is 10.7 Å². The molecule has 3 N–H and O–H groups in total. The van der Waals surface area contributed by atoms with Crippen LogP contribution in [0.4, 0.5) is 0 Å². The fourth-order valence-electron chi connectivity index (χ4n) is 7.58. The lowest BCUT2D eigenvalue weighted by Gasteiger charge is -2.30. The Labute approximate surface area is 215 Å². The van der Waals surface area contributed by atoms with Crippen molar-refractivity contribution in [2.75, 3.05) is 13.1 Å². The molecule has 1 amide bonds. The molecule has 2 fully saturated rings. The molecule has 0 aromatic carbocycles. The van der Waals surface area contributed by atoms with Crippen molar-refractivity contribution in [1.82, 2.24) is 24.5 Å². The van der Waals surface area contributed by atoms with E-state index in [2.05, 4.69) is 42.0 Å². The summed E-state index contributed by atoms with van der Waals surface area (Å²) < 4.78 is 2.00. The van der Waals surface area contributed by atoms with Gasteiger partial charge in [-0.15, -0.1) is 11.3 Å². The monoisotopic (exact) mass is 502 g/mol. The Morgan fingerprint density at radius 3 is 2.78 bits per heavy atom. The predicted octanol–water partition coefficient (Wildman–Crippen LogP) is 4.83. The van der Waals surface area contributed by atoms with Gasteiger partial charge in [0.2, 0.25) is 5.91 Å². The highest BCUT2D eigenvalue weighted by molar-refractivity contribution is 7.19. The minimum atomic E-state index is -0.209. The number of aromatic amines is 1. The van der Waals surface area contributed by atoms with Gasteiger partial charge in [0, 0.05) is 40.2 Å². The van der Waals surface area contributed by atoms with Crippen LogP contribution in [0.2, 0.25) is 0 Å². The Morgan fingerprint density at radius 2 is 2.06 bits per heavy atom. The Balaban J connectivity index is 1.33. The first-order valence-corrected chi connectivity index (χ1v) is 14.2. The quantitative estimate of drug-likeness (QED) is 0.409.